The second-order valence-electron chi connectivity index (χ2n) is 5.59. The van der Waals surface area contributed by atoms with Gasteiger partial charge in [-0.25, -0.2) is 0 Å². The third-order valence-electron chi connectivity index (χ3n) is 4.00. The minimum absolute atomic E-state index is 0.728. The summed E-state index contributed by atoms with van der Waals surface area (Å²) in [5.41, 5.74) is 2.30. The minimum atomic E-state index is 0.728. The summed E-state index contributed by atoms with van der Waals surface area (Å²) < 4.78 is 5.99. The maximum atomic E-state index is 5.99. The summed E-state index contributed by atoms with van der Waals surface area (Å²) >= 11 is 0. The summed E-state index contributed by atoms with van der Waals surface area (Å²) in [7, 11) is 0. The van der Waals surface area contributed by atoms with Gasteiger partial charge in [0.15, 0.2) is 0 Å². The van der Waals surface area contributed by atoms with Crippen LogP contribution in [-0.2, 0) is 6.42 Å². The molecule has 0 amide bonds. The van der Waals surface area contributed by atoms with Gasteiger partial charge in [-0.1, -0.05) is 60.5 Å². The van der Waals surface area contributed by atoms with Crippen LogP contribution in [-0.4, -0.2) is 6.61 Å². The molecule has 3 aromatic rings. The Morgan fingerprint density at radius 3 is 2.30 bits per heavy atom. The molecule has 0 radical (unpaired) electrons. The molecule has 114 valence electrons. The maximum Gasteiger partial charge on any atom is 0.127 e. The van der Waals surface area contributed by atoms with Gasteiger partial charge in [0.25, 0.3) is 0 Å². The summed E-state index contributed by atoms with van der Waals surface area (Å²) in [5.74, 6) is 3.65. The van der Waals surface area contributed by atoms with Crippen molar-refractivity contribution < 1.29 is 4.74 Å². The number of terminal acetylenes is 1. The summed E-state index contributed by atoms with van der Waals surface area (Å²) in [6, 6.07) is 22.7. The number of aryl methyl sites for hydroxylation is 1. The Kier molecular flexibility index (Phi) is 4.96. The van der Waals surface area contributed by atoms with Gasteiger partial charge in [0.05, 0.1) is 6.61 Å². The Morgan fingerprint density at radius 1 is 0.783 bits per heavy atom. The highest BCUT2D eigenvalue weighted by Crippen LogP contribution is 2.28. The fourth-order valence-electron chi connectivity index (χ4n) is 2.78. The fourth-order valence-corrected chi connectivity index (χ4v) is 2.78. The summed E-state index contributed by atoms with van der Waals surface area (Å²) in [6.07, 6.45) is 8.84. The number of fused-ring (bicyclic) bond motifs is 1. The van der Waals surface area contributed by atoms with Gasteiger partial charge in [0.1, 0.15) is 5.75 Å². The Bertz CT molecular complexity index is 812. The third kappa shape index (κ3) is 3.73. The highest BCUT2D eigenvalue weighted by Gasteiger charge is 2.05. The maximum absolute atomic E-state index is 5.99. The van der Waals surface area contributed by atoms with E-state index in [1.54, 1.807) is 0 Å². The van der Waals surface area contributed by atoms with E-state index in [-0.39, 0.29) is 0 Å². The lowest BCUT2D eigenvalue weighted by molar-refractivity contribution is 0.310. The second kappa shape index (κ2) is 7.51. The number of ether oxygens (including phenoxy) is 1. The number of unbranched alkanes of at least 4 members (excludes halogenated alkanes) is 1. The van der Waals surface area contributed by atoms with Crippen LogP contribution in [0.25, 0.3) is 10.8 Å². The number of rotatable bonds is 6. The van der Waals surface area contributed by atoms with Crippen LogP contribution in [0.4, 0.5) is 0 Å². The largest absolute Gasteiger partial charge is 0.493 e. The second-order valence-corrected chi connectivity index (χ2v) is 5.59. The van der Waals surface area contributed by atoms with Crippen LogP contribution in [0.15, 0.2) is 66.7 Å². The number of hydrogen-bond donors (Lipinski definition) is 0. The summed E-state index contributed by atoms with van der Waals surface area (Å²) in [6.45, 7) is 0.728. The van der Waals surface area contributed by atoms with Crippen molar-refractivity contribution in [2.24, 2.45) is 0 Å². The van der Waals surface area contributed by atoms with Gasteiger partial charge in [-0.3, -0.25) is 0 Å². The van der Waals surface area contributed by atoms with Gasteiger partial charge < -0.3 is 4.74 Å². The van der Waals surface area contributed by atoms with Gasteiger partial charge in [0, 0.05) is 16.3 Å². The molecule has 0 aliphatic rings. The van der Waals surface area contributed by atoms with Gasteiger partial charge in [0.2, 0.25) is 0 Å². The lowest BCUT2D eigenvalue weighted by Crippen LogP contribution is -1.99. The standard InChI is InChI=1S/C22H20O/c1-2-19-15-16-22(21-14-7-6-13-20(19)21)23-17-9-8-12-18-10-4-3-5-11-18/h1,3-7,10-11,13-16H,8-9,12,17H2. The monoisotopic (exact) mass is 300 g/mol. The van der Waals surface area contributed by atoms with E-state index in [9.17, 15) is 0 Å². The molecule has 3 aromatic carbocycles. The molecule has 0 fully saturated rings. The van der Waals surface area contributed by atoms with E-state index in [1.807, 2.05) is 30.3 Å². The van der Waals surface area contributed by atoms with Crippen molar-refractivity contribution >= 4 is 10.8 Å². The molecule has 0 aromatic heterocycles. The van der Waals surface area contributed by atoms with E-state index in [4.69, 9.17) is 11.2 Å². The average Bonchev–Trinajstić information content (AvgIpc) is 2.62. The van der Waals surface area contributed by atoms with Gasteiger partial charge in [-0.05, 0) is 37.0 Å². The Balaban J connectivity index is 1.59. The molecular formula is C22H20O. The molecule has 0 aliphatic carbocycles. The zero-order valence-electron chi connectivity index (χ0n) is 13.2. The predicted octanol–water partition coefficient (Wildman–Crippen LogP) is 5.22. The smallest absolute Gasteiger partial charge is 0.127 e. The van der Waals surface area contributed by atoms with E-state index < -0.39 is 0 Å². The van der Waals surface area contributed by atoms with Crippen LogP contribution < -0.4 is 4.74 Å². The van der Waals surface area contributed by atoms with Gasteiger partial charge in [-0.2, -0.15) is 0 Å². The topological polar surface area (TPSA) is 9.23 Å². The van der Waals surface area contributed by atoms with E-state index in [0.717, 1.165) is 48.0 Å². The van der Waals surface area contributed by atoms with Crippen LogP contribution in [0.2, 0.25) is 0 Å². The zero-order valence-corrected chi connectivity index (χ0v) is 13.2. The summed E-state index contributed by atoms with van der Waals surface area (Å²) in [4.78, 5) is 0. The highest BCUT2D eigenvalue weighted by molar-refractivity contribution is 5.92. The lowest BCUT2D eigenvalue weighted by Gasteiger charge is -2.10. The minimum Gasteiger partial charge on any atom is -0.493 e. The SMILES string of the molecule is C#Cc1ccc(OCCCCc2ccccc2)c2ccccc12. The zero-order chi connectivity index (χ0) is 15.9. The van der Waals surface area contributed by atoms with Crippen molar-refractivity contribution in [1.29, 1.82) is 0 Å². The Morgan fingerprint density at radius 2 is 1.52 bits per heavy atom. The molecule has 23 heavy (non-hydrogen) atoms. The Hall–Kier alpha value is -2.72. The highest BCUT2D eigenvalue weighted by atomic mass is 16.5. The van der Waals surface area contributed by atoms with E-state index >= 15 is 0 Å². The molecule has 0 unspecified atom stereocenters. The van der Waals surface area contributed by atoms with Crippen LogP contribution in [0, 0.1) is 12.3 Å². The van der Waals surface area contributed by atoms with Crippen molar-refractivity contribution in [3.8, 4) is 18.1 Å². The quantitative estimate of drug-likeness (QED) is 0.448. The van der Waals surface area contributed by atoms with Gasteiger partial charge >= 0.3 is 0 Å². The van der Waals surface area contributed by atoms with Crippen molar-refractivity contribution in [3.63, 3.8) is 0 Å². The normalized spacial score (nSPS) is 10.4. The summed E-state index contributed by atoms with van der Waals surface area (Å²) in [5, 5.41) is 2.17. The first-order valence-corrected chi connectivity index (χ1v) is 8.03. The van der Waals surface area contributed by atoms with E-state index in [2.05, 4.69) is 42.3 Å². The van der Waals surface area contributed by atoms with E-state index in [1.165, 1.54) is 5.56 Å². The van der Waals surface area contributed by atoms with Crippen molar-refractivity contribution in [3.05, 3.63) is 77.9 Å². The molecule has 0 spiro atoms. The first kappa shape index (κ1) is 15.2. The molecular weight excluding hydrogens is 280 g/mol. The fraction of sp³-hybridized carbons (Fsp3) is 0.182. The van der Waals surface area contributed by atoms with Crippen LogP contribution in [0.1, 0.15) is 24.0 Å². The van der Waals surface area contributed by atoms with E-state index in [0.29, 0.717) is 0 Å². The average molecular weight is 300 g/mol. The van der Waals surface area contributed by atoms with Crippen LogP contribution in [0.5, 0.6) is 5.75 Å². The Labute approximate surface area is 137 Å². The molecule has 0 aliphatic heterocycles. The van der Waals surface area contributed by atoms with Crippen LogP contribution in [0.3, 0.4) is 0 Å². The molecule has 0 saturated heterocycles. The third-order valence-corrected chi connectivity index (χ3v) is 4.00. The molecule has 3 rings (SSSR count). The molecule has 1 nitrogen and oxygen atoms in total. The predicted molar refractivity (Wildman–Crippen MR) is 96.8 cm³/mol. The van der Waals surface area contributed by atoms with Gasteiger partial charge in [-0.15, -0.1) is 6.42 Å². The first-order chi connectivity index (χ1) is 11.4. The molecule has 0 heterocycles. The molecule has 0 N–H and O–H groups in total. The molecule has 0 bridgehead atoms. The first-order valence-electron chi connectivity index (χ1n) is 8.03. The van der Waals surface area contributed by atoms with Crippen LogP contribution >= 0.6 is 0 Å². The number of hydrogen-bond acceptors (Lipinski definition) is 1. The molecule has 1 heteroatoms. The van der Waals surface area contributed by atoms with Crippen molar-refractivity contribution in [2.75, 3.05) is 6.61 Å². The lowest BCUT2D eigenvalue weighted by atomic mass is 10.0. The molecule has 0 atom stereocenters. The van der Waals surface area contributed by atoms with Crippen molar-refractivity contribution in [2.45, 2.75) is 19.3 Å². The van der Waals surface area contributed by atoms with Crippen molar-refractivity contribution in [1.82, 2.24) is 0 Å². The number of benzene rings is 3. The molecule has 0 saturated carbocycles.